The molecule has 0 aliphatic carbocycles. The highest BCUT2D eigenvalue weighted by molar-refractivity contribution is 7.15. The van der Waals surface area contributed by atoms with E-state index in [0.29, 0.717) is 34.4 Å². The van der Waals surface area contributed by atoms with Crippen molar-refractivity contribution >= 4 is 33.0 Å². The molecule has 0 aliphatic rings. The summed E-state index contributed by atoms with van der Waals surface area (Å²) < 4.78 is 8.05. The van der Waals surface area contributed by atoms with E-state index in [2.05, 4.69) is 10.1 Å². The van der Waals surface area contributed by atoms with Crippen LogP contribution in [-0.4, -0.2) is 25.1 Å². The number of benzene rings is 1. The number of hydrogen-bond donors (Lipinski definition) is 0. The van der Waals surface area contributed by atoms with Crippen molar-refractivity contribution in [1.29, 1.82) is 0 Å². The van der Waals surface area contributed by atoms with E-state index in [-0.39, 0.29) is 23.4 Å². The third-order valence-electron chi connectivity index (χ3n) is 4.20. The van der Waals surface area contributed by atoms with E-state index < -0.39 is 5.97 Å². The molecule has 8 nitrogen and oxygen atoms in total. The van der Waals surface area contributed by atoms with Crippen LogP contribution in [0.5, 0.6) is 0 Å². The Labute approximate surface area is 162 Å². The molecule has 0 saturated heterocycles. The van der Waals surface area contributed by atoms with E-state index in [1.807, 2.05) is 6.92 Å². The molecule has 0 unspecified atom stereocenters. The summed E-state index contributed by atoms with van der Waals surface area (Å²) in [6, 6.07) is 8.13. The molecule has 0 aliphatic heterocycles. The van der Waals surface area contributed by atoms with Crippen molar-refractivity contribution in [3.05, 3.63) is 74.0 Å². The van der Waals surface area contributed by atoms with Gasteiger partial charge in [0.1, 0.15) is 6.61 Å². The molecule has 0 amide bonds. The van der Waals surface area contributed by atoms with Gasteiger partial charge in [-0.25, -0.2) is 14.5 Å². The minimum atomic E-state index is -0.672. The number of esters is 1. The number of aromatic nitrogens is 4. The van der Waals surface area contributed by atoms with Crippen molar-refractivity contribution in [1.82, 2.24) is 19.2 Å². The summed E-state index contributed by atoms with van der Waals surface area (Å²) in [7, 11) is 0. The lowest BCUT2D eigenvalue weighted by atomic mass is 10.1. The van der Waals surface area contributed by atoms with Gasteiger partial charge in [0.2, 0.25) is 0 Å². The molecule has 3 aromatic heterocycles. The van der Waals surface area contributed by atoms with Crippen LogP contribution in [-0.2, 0) is 17.9 Å². The maximum absolute atomic E-state index is 12.7. The van der Waals surface area contributed by atoms with Crippen molar-refractivity contribution in [3.63, 3.8) is 0 Å². The molecule has 4 aromatic rings. The summed E-state index contributed by atoms with van der Waals surface area (Å²) in [6.45, 7) is 2.16. The number of fused-ring (bicyclic) bond motifs is 2. The molecule has 0 atom stereocenters. The minimum Gasteiger partial charge on any atom is -0.454 e. The van der Waals surface area contributed by atoms with E-state index in [1.165, 1.54) is 26.5 Å². The van der Waals surface area contributed by atoms with Gasteiger partial charge in [-0.1, -0.05) is 25.1 Å². The van der Waals surface area contributed by atoms with Crippen LogP contribution >= 0.6 is 11.3 Å². The average molecular weight is 396 g/mol. The fourth-order valence-electron chi connectivity index (χ4n) is 2.92. The first-order chi connectivity index (χ1) is 13.6. The molecule has 0 radical (unpaired) electrons. The summed E-state index contributed by atoms with van der Waals surface area (Å²) in [5.74, 6) is -0.672. The maximum Gasteiger partial charge on any atom is 0.359 e. The second-order valence-electron chi connectivity index (χ2n) is 6.14. The molecular weight excluding hydrogens is 380 g/mol. The Balaban J connectivity index is 1.67. The van der Waals surface area contributed by atoms with Gasteiger partial charge in [0.05, 0.1) is 11.1 Å². The predicted octanol–water partition coefficient (Wildman–Crippen LogP) is 2.23. The molecular formula is C19H16N4O4S. The Morgan fingerprint density at radius 1 is 1.21 bits per heavy atom. The lowest BCUT2D eigenvalue weighted by Gasteiger charge is -2.10. The Morgan fingerprint density at radius 3 is 2.79 bits per heavy atom. The van der Waals surface area contributed by atoms with Gasteiger partial charge in [0.15, 0.2) is 10.7 Å². The maximum atomic E-state index is 12.7. The standard InChI is InChI=1S/C19H16N4O4S/c1-2-7-23-17(25)14-6-4-3-5-13(14)16(21-23)18(26)27-11-12-10-15(24)22-8-9-28-19(22)20-12/h3-6,8-10H,2,7,11H2,1H3. The summed E-state index contributed by atoms with van der Waals surface area (Å²) >= 11 is 1.32. The van der Waals surface area contributed by atoms with Crippen LogP contribution in [0.25, 0.3) is 15.7 Å². The van der Waals surface area contributed by atoms with Crippen LogP contribution in [0.3, 0.4) is 0 Å². The van der Waals surface area contributed by atoms with Crippen LogP contribution < -0.4 is 11.1 Å². The highest BCUT2D eigenvalue weighted by Gasteiger charge is 2.18. The third-order valence-corrected chi connectivity index (χ3v) is 4.96. The van der Waals surface area contributed by atoms with Crippen LogP contribution in [0, 0.1) is 0 Å². The molecule has 0 N–H and O–H groups in total. The van der Waals surface area contributed by atoms with Crippen LogP contribution in [0.4, 0.5) is 0 Å². The zero-order chi connectivity index (χ0) is 19.7. The van der Waals surface area contributed by atoms with Gasteiger partial charge in [-0.15, -0.1) is 11.3 Å². The number of carbonyl (C=O) groups excluding carboxylic acids is 1. The van der Waals surface area contributed by atoms with Crippen LogP contribution in [0.1, 0.15) is 29.5 Å². The summed E-state index contributed by atoms with van der Waals surface area (Å²) in [4.78, 5) is 42.1. The second-order valence-corrected chi connectivity index (χ2v) is 7.01. The largest absolute Gasteiger partial charge is 0.454 e. The SMILES string of the molecule is CCCn1nc(C(=O)OCc2cc(=O)n3ccsc3n2)c2ccccc2c1=O. The van der Waals surface area contributed by atoms with Crippen LogP contribution in [0.2, 0.25) is 0 Å². The van der Waals surface area contributed by atoms with E-state index >= 15 is 0 Å². The quantitative estimate of drug-likeness (QED) is 0.480. The fourth-order valence-corrected chi connectivity index (χ4v) is 3.66. The van der Waals surface area contributed by atoms with Gasteiger partial charge in [-0.05, 0) is 12.5 Å². The second kappa shape index (κ2) is 7.35. The van der Waals surface area contributed by atoms with Gasteiger partial charge in [-0.2, -0.15) is 5.10 Å². The first-order valence-electron chi connectivity index (χ1n) is 8.71. The topological polar surface area (TPSA) is 95.6 Å². The molecule has 9 heteroatoms. The van der Waals surface area contributed by atoms with Gasteiger partial charge >= 0.3 is 5.97 Å². The first-order valence-corrected chi connectivity index (χ1v) is 9.59. The molecule has 0 saturated carbocycles. The van der Waals surface area contributed by atoms with Gasteiger partial charge in [0, 0.05) is 29.6 Å². The van der Waals surface area contributed by atoms with E-state index in [9.17, 15) is 14.4 Å². The Kier molecular flexibility index (Phi) is 4.74. The van der Waals surface area contributed by atoms with E-state index in [0.717, 1.165) is 0 Å². The van der Waals surface area contributed by atoms with Crippen molar-refractivity contribution in [2.45, 2.75) is 26.5 Å². The first kappa shape index (κ1) is 18.1. The lowest BCUT2D eigenvalue weighted by molar-refractivity contribution is 0.0460. The highest BCUT2D eigenvalue weighted by Crippen LogP contribution is 2.15. The number of hydrogen-bond acceptors (Lipinski definition) is 7. The monoisotopic (exact) mass is 396 g/mol. The summed E-state index contributed by atoms with van der Waals surface area (Å²) in [6.07, 6.45) is 2.34. The highest BCUT2D eigenvalue weighted by atomic mass is 32.1. The molecule has 0 bridgehead atoms. The van der Waals surface area contributed by atoms with Gasteiger partial charge < -0.3 is 4.74 Å². The van der Waals surface area contributed by atoms with Crippen LogP contribution in [0.15, 0.2) is 51.5 Å². The number of ether oxygens (including phenoxy) is 1. The number of nitrogens with zero attached hydrogens (tertiary/aromatic N) is 4. The summed E-state index contributed by atoms with van der Waals surface area (Å²) in [5, 5.41) is 6.81. The number of carbonyl (C=O) groups is 1. The Morgan fingerprint density at radius 2 is 2.00 bits per heavy atom. The molecule has 28 heavy (non-hydrogen) atoms. The minimum absolute atomic E-state index is 0.0672. The molecule has 0 fully saturated rings. The van der Waals surface area contributed by atoms with Crippen molar-refractivity contribution < 1.29 is 9.53 Å². The summed E-state index contributed by atoms with van der Waals surface area (Å²) in [5.41, 5.74) is -0.0613. The van der Waals surface area contributed by atoms with Crippen molar-refractivity contribution in [2.75, 3.05) is 0 Å². The smallest absolute Gasteiger partial charge is 0.359 e. The lowest BCUT2D eigenvalue weighted by Crippen LogP contribution is -2.26. The average Bonchev–Trinajstić information content (AvgIpc) is 3.18. The van der Waals surface area contributed by atoms with E-state index in [1.54, 1.807) is 35.8 Å². The number of rotatable bonds is 5. The molecule has 3 heterocycles. The Bertz CT molecular complexity index is 1300. The molecule has 142 valence electrons. The number of thiazole rings is 1. The molecule has 4 rings (SSSR count). The number of aryl methyl sites for hydroxylation is 1. The predicted molar refractivity (Wildman–Crippen MR) is 105 cm³/mol. The van der Waals surface area contributed by atoms with Crippen molar-refractivity contribution in [2.24, 2.45) is 0 Å². The zero-order valence-corrected chi connectivity index (χ0v) is 15.8. The zero-order valence-electron chi connectivity index (χ0n) is 15.0. The Hall–Kier alpha value is -3.33. The van der Waals surface area contributed by atoms with Gasteiger partial charge in [0.25, 0.3) is 11.1 Å². The van der Waals surface area contributed by atoms with E-state index in [4.69, 9.17) is 4.74 Å². The van der Waals surface area contributed by atoms with Gasteiger partial charge in [-0.3, -0.25) is 14.0 Å². The molecule has 0 spiro atoms. The normalized spacial score (nSPS) is 11.2. The fraction of sp³-hybridized carbons (Fsp3) is 0.211. The molecule has 1 aromatic carbocycles. The third kappa shape index (κ3) is 3.20. The van der Waals surface area contributed by atoms with Crippen molar-refractivity contribution in [3.8, 4) is 0 Å².